The van der Waals surface area contributed by atoms with Crippen LogP contribution >= 0.6 is 11.6 Å². The molecule has 0 spiro atoms. The molecule has 2 N–H and O–H groups in total. The van der Waals surface area contributed by atoms with Crippen molar-refractivity contribution in [2.75, 3.05) is 5.73 Å². The van der Waals surface area contributed by atoms with E-state index >= 15 is 0 Å². The fourth-order valence-electron chi connectivity index (χ4n) is 1.71. The fourth-order valence-corrected chi connectivity index (χ4v) is 1.91. The number of oxazole rings is 1. The molecule has 0 saturated heterocycles. The first kappa shape index (κ1) is 10.2. The number of nitrogen functional groups attached to an aromatic ring is 1. The summed E-state index contributed by atoms with van der Waals surface area (Å²) in [5.41, 5.74) is 8.64. The summed E-state index contributed by atoms with van der Waals surface area (Å²) in [5, 5.41) is 0.651. The highest BCUT2D eigenvalue weighted by Gasteiger charge is 2.09. The van der Waals surface area contributed by atoms with Gasteiger partial charge in [0.2, 0.25) is 5.89 Å². The quantitative estimate of drug-likeness (QED) is 0.664. The molecule has 1 aromatic heterocycles. The van der Waals surface area contributed by atoms with Crippen molar-refractivity contribution in [2.45, 2.75) is 0 Å². The largest absolute Gasteiger partial charge is 0.436 e. The molecule has 4 heteroatoms. The minimum Gasteiger partial charge on any atom is -0.436 e. The molecule has 0 aliphatic rings. The van der Waals surface area contributed by atoms with Crippen LogP contribution in [-0.4, -0.2) is 4.98 Å². The molecule has 17 heavy (non-hydrogen) atoms. The van der Waals surface area contributed by atoms with Crippen LogP contribution in [0.4, 0.5) is 5.69 Å². The summed E-state index contributed by atoms with van der Waals surface area (Å²) in [6, 6.07) is 12.8. The second kappa shape index (κ2) is 3.79. The van der Waals surface area contributed by atoms with E-state index in [1.165, 1.54) is 0 Å². The van der Waals surface area contributed by atoms with Crippen LogP contribution in [0.25, 0.3) is 22.6 Å². The van der Waals surface area contributed by atoms with Gasteiger partial charge in [0.25, 0.3) is 0 Å². The van der Waals surface area contributed by atoms with Crippen LogP contribution in [0.3, 0.4) is 0 Å². The van der Waals surface area contributed by atoms with Crippen LogP contribution in [0.2, 0.25) is 5.02 Å². The predicted octanol–water partition coefficient (Wildman–Crippen LogP) is 3.73. The standard InChI is InChI=1S/C13H9ClN2O/c14-9-4-1-3-8(7-9)13-16-12-10(15)5-2-6-11(12)17-13/h1-7H,15H2. The number of anilines is 1. The van der Waals surface area contributed by atoms with E-state index < -0.39 is 0 Å². The molecular formula is C13H9ClN2O. The molecule has 0 unspecified atom stereocenters. The molecule has 0 atom stereocenters. The van der Waals surface area contributed by atoms with E-state index in [4.69, 9.17) is 21.8 Å². The highest BCUT2D eigenvalue weighted by molar-refractivity contribution is 6.30. The van der Waals surface area contributed by atoms with Gasteiger partial charge >= 0.3 is 0 Å². The van der Waals surface area contributed by atoms with E-state index in [0.717, 1.165) is 5.56 Å². The molecule has 0 fully saturated rings. The third kappa shape index (κ3) is 1.74. The van der Waals surface area contributed by atoms with Gasteiger partial charge in [-0.15, -0.1) is 0 Å². The normalized spacial score (nSPS) is 10.9. The van der Waals surface area contributed by atoms with Gasteiger partial charge in [-0.05, 0) is 30.3 Å². The van der Waals surface area contributed by atoms with Gasteiger partial charge in [0, 0.05) is 10.6 Å². The molecule has 3 rings (SSSR count). The number of benzene rings is 2. The first-order valence-electron chi connectivity index (χ1n) is 5.15. The monoisotopic (exact) mass is 244 g/mol. The van der Waals surface area contributed by atoms with Crippen molar-refractivity contribution in [2.24, 2.45) is 0 Å². The zero-order valence-corrected chi connectivity index (χ0v) is 9.61. The van der Waals surface area contributed by atoms with Crippen LogP contribution in [0.15, 0.2) is 46.9 Å². The minimum absolute atomic E-state index is 0.528. The van der Waals surface area contributed by atoms with Crippen LogP contribution < -0.4 is 5.73 Å². The Kier molecular flexibility index (Phi) is 2.27. The highest BCUT2D eigenvalue weighted by Crippen LogP contribution is 2.28. The molecule has 0 saturated carbocycles. The lowest BCUT2D eigenvalue weighted by atomic mass is 10.2. The van der Waals surface area contributed by atoms with Crippen molar-refractivity contribution in [3.63, 3.8) is 0 Å². The summed E-state index contributed by atoms with van der Waals surface area (Å²) < 4.78 is 5.64. The van der Waals surface area contributed by atoms with Crippen molar-refractivity contribution in [3.8, 4) is 11.5 Å². The van der Waals surface area contributed by atoms with Crippen molar-refractivity contribution in [3.05, 3.63) is 47.5 Å². The molecular weight excluding hydrogens is 236 g/mol. The van der Waals surface area contributed by atoms with E-state index in [-0.39, 0.29) is 0 Å². The third-order valence-electron chi connectivity index (χ3n) is 2.52. The molecule has 0 amide bonds. The van der Waals surface area contributed by atoms with Gasteiger partial charge in [-0.2, -0.15) is 0 Å². The molecule has 1 heterocycles. The highest BCUT2D eigenvalue weighted by atomic mass is 35.5. The summed E-state index contributed by atoms with van der Waals surface area (Å²) in [6.45, 7) is 0. The van der Waals surface area contributed by atoms with Gasteiger partial charge < -0.3 is 10.2 Å². The zero-order valence-electron chi connectivity index (χ0n) is 8.85. The van der Waals surface area contributed by atoms with Crippen molar-refractivity contribution >= 4 is 28.4 Å². The SMILES string of the molecule is Nc1cccc2oc(-c3cccc(Cl)c3)nc12. The van der Waals surface area contributed by atoms with E-state index in [9.17, 15) is 0 Å². The zero-order chi connectivity index (χ0) is 11.8. The second-order valence-electron chi connectivity index (χ2n) is 3.72. The van der Waals surface area contributed by atoms with E-state index in [0.29, 0.717) is 27.7 Å². The first-order valence-corrected chi connectivity index (χ1v) is 5.53. The van der Waals surface area contributed by atoms with Gasteiger partial charge in [-0.25, -0.2) is 4.98 Å². The number of hydrogen-bond donors (Lipinski definition) is 1. The molecule has 3 nitrogen and oxygen atoms in total. The molecule has 84 valence electrons. The number of halogens is 1. The summed E-state index contributed by atoms with van der Waals surface area (Å²) in [7, 11) is 0. The summed E-state index contributed by atoms with van der Waals surface area (Å²) >= 11 is 5.93. The smallest absolute Gasteiger partial charge is 0.227 e. The average molecular weight is 245 g/mol. The Morgan fingerprint density at radius 3 is 2.71 bits per heavy atom. The maximum atomic E-state index is 5.93. The minimum atomic E-state index is 0.528. The van der Waals surface area contributed by atoms with Crippen molar-refractivity contribution in [1.29, 1.82) is 0 Å². The van der Waals surface area contributed by atoms with E-state index in [1.54, 1.807) is 6.07 Å². The molecule has 2 aromatic carbocycles. The third-order valence-corrected chi connectivity index (χ3v) is 2.76. The van der Waals surface area contributed by atoms with Gasteiger partial charge in [0.15, 0.2) is 5.58 Å². The van der Waals surface area contributed by atoms with Crippen molar-refractivity contribution < 1.29 is 4.42 Å². The van der Waals surface area contributed by atoms with Crippen LogP contribution in [0.5, 0.6) is 0 Å². The number of nitrogens with two attached hydrogens (primary N) is 1. The number of fused-ring (bicyclic) bond motifs is 1. The van der Waals surface area contributed by atoms with Gasteiger partial charge in [-0.1, -0.05) is 23.7 Å². The number of nitrogens with zero attached hydrogens (tertiary/aromatic N) is 1. The Hall–Kier alpha value is -2.00. The molecule has 0 aliphatic heterocycles. The number of hydrogen-bond acceptors (Lipinski definition) is 3. The van der Waals surface area contributed by atoms with Gasteiger partial charge in [0.1, 0.15) is 5.52 Å². The molecule has 0 aliphatic carbocycles. The topological polar surface area (TPSA) is 52.0 Å². The van der Waals surface area contributed by atoms with Gasteiger partial charge in [0.05, 0.1) is 5.69 Å². The first-order chi connectivity index (χ1) is 8.24. The lowest BCUT2D eigenvalue weighted by Gasteiger charge is -1.94. The maximum absolute atomic E-state index is 5.93. The maximum Gasteiger partial charge on any atom is 0.227 e. The predicted molar refractivity (Wildman–Crippen MR) is 68.9 cm³/mol. The second-order valence-corrected chi connectivity index (χ2v) is 4.16. The lowest BCUT2D eigenvalue weighted by molar-refractivity contribution is 0.620. The summed E-state index contributed by atoms with van der Waals surface area (Å²) in [4.78, 5) is 4.37. The van der Waals surface area contributed by atoms with Crippen LogP contribution in [0.1, 0.15) is 0 Å². The van der Waals surface area contributed by atoms with E-state index in [1.807, 2.05) is 36.4 Å². The number of para-hydroxylation sites is 1. The Morgan fingerprint density at radius 2 is 1.94 bits per heavy atom. The summed E-state index contributed by atoms with van der Waals surface area (Å²) in [5.74, 6) is 0.528. The van der Waals surface area contributed by atoms with Crippen LogP contribution in [-0.2, 0) is 0 Å². The van der Waals surface area contributed by atoms with Crippen LogP contribution in [0, 0.1) is 0 Å². The van der Waals surface area contributed by atoms with E-state index in [2.05, 4.69) is 4.98 Å². The molecule has 0 bridgehead atoms. The Balaban J connectivity index is 2.22. The molecule has 3 aromatic rings. The summed E-state index contributed by atoms with van der Waals surface area (Å²) in [6.07, 6.45) is 0. The average Bonchev–Trinajstić information content (AvgIpc) is 2.74. The fraction of sp³-hybridized carbons (Fsp3) is 0. The Bertz CT molecular complexity index is 691. The number of rotatable bonds is 1. The molecule has 0 radical (unpaired) electrons. The Labute approximate surface area is 103 Å². The van der Waals surface area contributed by atoms with Gasteiger partial charge in [-0.3, -0.25) is 0 Å². The number of aromatic nitrogens is 1. The lowest BCUT2D eigenvalue weighted by Crippen LogP contribution is -1.85. The van der Waals surface area contributed by atoms with Crippen molar-refractivity contribution in [1.82, 2.24) is 4.98 Å². The Morgan fingerprint density at radius 1 is 1.12 bits per heavy atom.